The molecule has 0 bridgehead atoms. The molecule has 1 atom stereocenters. The molecule has 4 heteroatoms. The van der Waals surface area contributed by atoms with Crippen molar-refractivity contribution in [1.82, 2.24) is 0 Å². The number of methoxy groups -OCH3 is 1. The van der Waals surface area contributed by atoms with Gasteiger partial charge >= 0.3 is 0 Å². The minimum atomic E-state index is -0.258. The number of halogens is 1. The van der Waals surface area contributed by atoms with Crippen LogP contribution in [0.5, 0.6) is 5.75 Å². The Morgan fingerprint density at radius 3 is 2.70 bits per heavy atom. The van der Waals surface area contributed by atoms with Gasteiger partial charge in [0.05, 0.1) is 18.5 Å². The first-order valence-corrected chi connectivity index (χ1v) is 7.41. The molecule has 0 radical (unpaired) electrons. The van der Waals surface area contributed by atoms with Gasteiger partial charge in [0.2, 0.25) is 0 Å². The third kappa shape index (κ3) is 3.17. The molecule has 1 aromatic carbocycles. The van der Waals surface area contributed by atoms with Crippen molar-refractivity contribution in [3.63, 3.8) is 0 Å². The van der Waals surface area contributed by atoms with E-state index in [1.165, 1.54) is 12.5 Å². The van der Waals surface area contributed by atoms with Crippen LogP contribution in [0.3, 0.4) is 0 Å². The van der Waals surface area contributed by atoms with Crippen molar-refractivity contribution >= 4 is 11.4 Å². The highest BCUT2D eigenvalue weighted by Crippen LogP contribution is 2.33. The van der Waals surface area contributed by atoms with E-state index in [-0.39, 0.29) is 5.82 Å². The summed E-state index contributed by atoms with van der Waals surface area (Å²) in [5.74, 6) is 1.72. The molecule has 0 amide bonds. The molecule has 1 aromatic rings. The number of anilines is 2. The fourth-order valence-electron chi connectivity index (χ4n) is 3.01. The molecule has 20 heavy (non-hydrogen) atoms. The van der Waals surface area contributed by atoms with E-state index in [4.69, 9.17) is 10.5 Å². The molecule has 0 aliphatic carbocycles. The van der Waals surface area contributed by atoms with Gasteiger partial charge in [-0.25, -0.2) is 4.39 Å². The summed E-state index contributed by atoms with van der Waals surface area (Å²) in [5, 5.41) is 0. The van der Waals surface area contributed by atoms with Crippen LogP contribution in [0.4, 0.5) is 15.8 Å². The van der Waals surface area contributed by atoms with Crippen LogP contribution >= 0.6 is 0 Å². The Labute approximate surface area is 120 Å². The van der Waals surface area contributed by atoms with E-state index in [0.717, 1.165) is 31.8 Å². The maximum absolute atomic E-state index is 14.2. The highest BCUT2D eigenvalue weighted by atomic mass is 19.1. The van der Waals surface area contributed by atoms with Gasteiger partial charge in [0, 0.05) is 25.2 Å². The molecule has 1 aliphatic heterocycles. The third-order valence-electron chi connectivity index (χ3n) is 4.36. The molecule has 2 N–H and O–H groups in total. The van der Waals surface area contributed by atoms with Gasteiger partial charge in [-0.15, -0.1) is 0 Å². The molecule has 2 rings (SSSR count). The monoisotopic (exact) mass is 280 g/mol. The summed E-state index contributed by atoms with van der Waals surface area (Å²) >= 11 is 0. The van der Waals surface area contributed by atoms with Gasteiger partial charge in [0.1, 0.15) is 11.6 Å². The van der Waals surface area contributed by atoms with E-state index in [9.17, 15) is 4.39 Å². The Hall–Kier alpha value is -1.45. The zero-order valence-electron chi connectivity index (χ0n) is 12.7. The van der Waals surface area contributed by atoms with Crippen molar-refractivity contribution in [2.75, 3.05) is 30.8 Å². The zero-order valence-corrected chi connectivity index (χ0v) is 12.7. The summed E-state index contributed by atoms with van der Waals surface area (Å²) in [6, 6.07) is 3.08. The molecule has 112 valence electrons. The van der Waals surface area contributed by atoms with Crippen LogP contribution in [-0.4, -0.2) is 20.2 Å². The highest BCUT2D eigenvalue weighted by Gasteiger charge is 2.22. The smallest absolute Gasteiger partial charge is 0.148 e. The maximum Gasteiger partial charge on any atom is 0.148 e. The quantitative estimate of drug-likeness (QED) is 0.858. The minimum absolute atomic E-state index is 0.258. The Morgan fingerprint density at radius 2 is 2.05 bits per heavy atom. The SMILES string of the molecule is COc1cc(N2CCCC(C(C)C)CC2)c(F)cc1N. The first-order valence-electron chi connectivity index (χ1n) is 7.41. The summed E-state index contributed by atoms with van der Waals surface area (Å²) in [6.07, 6.45) is 3.45. The fourth-order valence-corrected chi connectivity index (χ4v) is 3.01. The van der Waals surface area contributed by atoms with E-state index in [1.54, 1.807) is 13.2 Å². The van der Waals surface area contributed by atoms with Crippen LogP contribution in [0.2, 0.25) is 0 Å². The van der Waals surface area contributed by atoms with Crippen molar-refractivity contribution < 1.29 is 9.13 Å². The summed E-state index contributed by atoms with van der Waals surface area (Å²) in [5.41, 5.74) is 6.70. The largest absolute Gasteiger partial charge is 0.495 e. The van der Waals surface area contributed by atoms with E-state index >= 15 is 0 Å². The molecule has 1 saturated heterocycles. The number of ether oxygens (including phenoxy) is 1. The van der Waals surface area contributed by atoms with Gasteiger partial charge in [-0.3, -0.25) is 0 Å². The predicted molar refractivity (Wildman–Crippen MR) is 81.8 cm³/mol. The molecular weight excluding hydrogens is 255 g/mol. The number of nitrogens with two attached hydrogens (primary N) is 1. The van der Waals surface area contributed by atoms with Crippen LogP contribution in [-0.2, 0) is 0 Å². The van der Waals surface area contributed by atoms with Gasteiger partial charge in [-0.2, -0.15) is 0 Å². The van der Waals surface area contributed by atoms with Gasteiger partial charge in [-0.05, 0) is 31.1 Å². The molecule has 1 fully saturated rings. The number of nitrogen functional groups attached to an aromatic ring is 1. The summed E-state index contributed by atoms with van der Waals surface area (Å²) in [4.78, 5) is 2.12. The lowest BCUT2D eigenvalue weighted by molar-refractivity contribution is 0.351. The molecule has 1 aliphatic rings. The topological polar surface area (TPSA) is 38.5 Å². The summed E-state index contributed by atoms with van der Waals surface area (Å²) in [6.45, 7) is 6.33. The lowest BCUT2D eigenvalue weighted by atomic mass is 9.89. The molecule has 1 heterocycles. The van der Waals surface area contributed by atoms with E-state index in [1.807, 2.05) is 0 Å². The molecule has 0 saturated carbocycles. The number of benzene rings is 1. The average Bonchev–Trinajstić information content (AvgIpc) is 2.65. The van der Waals surface area contributed by atoms with Gasteiger partial charge in [-0.1, -0.05) is 13.8 Å². The third-order valence-corrected chi connectivity index (χ3v) is 4.36. The Kier molecular flexibility index (Phi) is 4.73. The highest BCUT2D eigenvalue weighted by molar-refractivity contribution is 5.63. The van der Waals surface area contributed by atoms with Crippen LogP contribution in [0.1, 0.15) is 33.1 Å². The Bertz CT molecular complexity index is 462. The van der Waals surface area contributed by atoms with E-state index < -0.39 is 0 Å². The number of hydrogen-bond acceptors (Lipinski definition) is 3. The maximum atomic E-state index is 14.2. The second-order valence-electron chi connectivity index (χ2n) is 5.97. The Morgan fingerprint density at radius 1 is 1.30 bits per heavy atom. The van der Waals surface area contributed by atoms with Crippen molar-refractivity contribution in [2.45, 2.75) is 33.1 Å². The van der Waals surface area contributed by atoms with Crippen molar-refractivity contribution in [1.29, 1.82) is 0 Å². The Balaban J connectivity index is 2.19. The van der Waals surface area contributed by atoms with Crippen LogP contribution in [0.15, 0.2) is 12.1 Å². The van der Waals surface area contributed by atoms with Crippen LogP contribution in [0, 0.1) is 17.7 Å². The molecule has 1 unspecified atom stereocenters. The number of nitrogens with zero attached hydrogens (tertiary/aromatic N) is 1. The second-order valence-corrected chi connectivity index (χ2v) is 5.97. The zero-order chi connectivity index (χ0) is 14.7. The predicted octanol–water partition coefficient (Wildman–Crippen LogP) is 3.68. The molecule has 0 spiro atoms. The first kappa shape index (κ1) is 14.9. The molecule has 0 aromatic heterocycles. The number of hydrogen-bond donors (Lipinski definition) is 1. The number of rotatable bonds is 3. The van der Waals surface area contributed by atoms with Crippen LogP contribution in [0.25, 0.3) is 0 Å². The standard InChI is InChI=1S/C16H25FN2O/c1-11(2)12-5-4-7-19(8-6-12)15-10-16(20-3)14(18)9-13(15)17/h9-12H,4-8,18H2,1-3H3. The second kappa shape index (κ2) is 6.33. The van der Waals surface area contributed by atoms with E-state index in [2.05, 4.69) is 18.7 Å². The van der Waals surface area contributed by atoms with E-state index in [0.29, 0.717) is 23.0 Å². The van der Waals surface area contributed by atoms with Gasteiger partial charge < -0.3 is 15.4 Å². The van der Waals surface area contributed by atoms with Crippen LogP contribution < -0.4 is 15.4 Å². The fraction of sp³-hybridized carbons (Fsp3) is 0.625. The van der Waals surface area contributed by atoms with Gasteiger partial charge in [0.15, 0.2) is 0 Å². The summed E-state index contributed by atoms with van der Waals surface area (Å²) < 4.78 is 19.4. The van der Waals surface area contributed by atoms with Gasteiger partial charge in [0.25, 0.3) is 0 Å². The minimum Gasteiger partial charge on any atom is -0.495 e. The normalized spacial score (nSPS) is 20.1. The van der Waals surface area contributed by atoms with Crippen molar-refractivity contribution in [3.8, 4) is 5.75 Å². The lowest BCUT2D eigenvalue weighted by Crippen LogP contribution is -2.25. The van der Waals surface area contributed by atoms with Crippen molar-refractivity contribution in [3.05, 3.63) is 17.9 Å². The molecular formula is C16H25FN2O. The lowest BCUT2D eigenvalue weighted by Gasteiger charge is -2.25. The first-order chi connectivity index (χ1) is 9.52. The average molecular weight is 280 g/mol. The molecule has 3 nitrogen and oxygen atoms in total. The summed E-state index contributed by atoms with van der Waals surface area (Å²) in [7, 11) is 1.56. The van der Waals surface area contributed by atoms with Crippen molar-refractivity contribution in [2.24, 2.45) is 11.8 Å².